The molecule has 0 spiro atoms. The van der Waals surface area contributed by atoms with Crippen molar-refractivity contribution < 1.29 is 49.3 Å². The molecule has 7 atom stereocenters. The second kappa shape index (κ2) is 44.4. The van der Waals surface area contributed by atoms with Gasteiger partial charge >= 0.3 is 5.97 Å². The molecule has 0 aromatic heterocycles. The Hall–Kier alpha value is -2.12. The molecular weight excluding hydrogens is 823 g/mol. The van der Waals surface area contributed by atoms with Gasteiger partial charge in [0, 0.05) is 12.8 Å². The van der Waals surface area contributed by atoms with Gasteiger partial charge in [-0.25, -0.2) is 0 Å². The van der Waals surface area contributed by atoms with Crippen LogP contribution < -0.4 is 5.32 Å². The van der Waals surface area contributed by atoms with Crippen LogP contribution in [0.15, 0.2) is 36.5 Å². The summed E-state index contributed by atoms with van der Waals surface area (Å²) in [7, 11) is 0. The maximum atomic E-state index is 13.0. The fourth-order valence-corrected chi connectivity index (χ4v) is 8.19. The van der Waals surface area contributed by atoms with Crippen molar-refractivity contribution in [2.75, 3.05) is 19.8 Å². The summed E-state index contributed by atoms with van der Waals surface area (Å²) in [6.07, 6.45) is 42.3. The van der Waals surface area contributed by atoms with E-state index in [1.165, 1.54) is 128 Å². The Morgan fingerprint density at radius 3 is 1.58 bits per heavy atom. The zero-order valence-electron chi connectivity index (χ0n) is 41.4. The highest BCUT2D eigenvalue weighted by Gasteiger charge is 2.44. The lowest BCUT2D eigenvalue weighted by Gasteiger charge is -2.40. The number of carbonyl (C=O) groups is 2. The topological polar surface area (TPSA) is 175 Å². The van der Waals surface area contributed by atoms with E-state index in [1.807, 2.05) is 18.2 Å². The predicted octanol–water partition coefficient (Wildman–Crippen LogP) is 11.2. The molecule has 65 heavy (non-hydrogen) atoms. The number of unbranched alkanes of at least 4 members (excludes halogenated alkanes) is 27. The molecule has 1 aliphatic rings. The molecule has 380 valence electrons. The second-order valence-electron chi connectivity index (χ2n) is 18.6. The van der Waals surface area contributed by atoms with E-state index in [4.69, 9.17) is 14.2 Å². The maximum absolute atomic E-state index is 13.0. The van der Waals surface area contributed by atoms with Crippen molar-refractivity contribution >= 4 is 11.9 Å². The number of amides is 1. The normalized spacial score (nSPS) is 20.0. The minimum atomic E-state index is -1.59. The van der Waals surface area contributed by atoms with Crippen LogP contribution in [0.1, 0.15) is 232 Å². The lowest BCUT2D eigenvalue weighted by atomic mass is 9.99. The van der Waals surface area contributed by atoms with Crippen molar-refractivity contribution in [1.29, 1.82) is 0 Å². The number of esters is 1. The molecule has 0 aliphatic carbocycles. The Morgan fingerprint density at radius 1 is 0.569 bits per heavy atom. The first-order valence-electron chi connectivity index (χ1n) is 26.8. The van der Waals surface area contributed by atoms with E-state index in [0.29, 0.717) is 19.4 Å². The van der Waals surface area contributed by atoms with E-state index >= 15 is 0 Å². The van der Waals surface area contributed by atoms with Gasteiger partial charge in [-0.15, -0.1) is 0 Å². The van der Waals surface area contributed by atoms with Gasteiger partial charge in [0.1, 0.15) is 24.4 Å². The molecule has 1 saturated heterocycles. The summed E-state index contributed by atoms with van der Waals surface area (Å²) < 4.78 is 16.6. The van der Waals surface area contributed by atoms with E-state index in [1.54, 1.807) is 6.08 Å². The summed E-state index contributed by atoms with van der Waals surface area (Å²) in [5.74, 6) is -0.302. The summed E-state index contributed by atoms with van der Waals surface area (Å²) in [5.41, 5.74) is 0. The minimum Gasteiger partial charge on any atom is -0.466 e. The number of hydrogen-bond acceptors (Lipinski definition) is 10. The molecule has 1 heterocycles. The van der Waals surface area contributed by atoms with Crippen molar-refractivity contribution in [2.24, 2.45) is 0 Å². The first kappa shape index (κ1) is 60.9. The lowest BCUT2D eigenvalue weighted by Crippen LogP contribution is -2.60. The number of carbonyl (C=O) groups excluding carboxylic acids is 2. The highest BCUT2D eigenvalue weighted by Crippen LogP contribution is 2.23. The van der Waals surface area contributed by atoms with Crippen LogP contribution in [-0.2, 0) is 23.8 Å². The van der Waals surface area contributed by atoms with Crippen LogP contribution in [-0.4, -0.2) is 100 Å². The van der Waals surface area contributed by atoms with Crippen molar-refractivity contribution in [2.45, 2.75) is 275 Å². The Bertz CT molecular complexity index is 1180. The monoisotopic (exact) mass is 922 g/mol. The van der Waals surface area contributed by atoms with E-state index in [9.17, 15) is 35.1 Å². The summed E-state index contributed by atoms with van der Waals surface area (Å²) in [6, 6.07) is -0.853. The Morgan fingerprint density at radius 2 is 1.05 bits per heavy atom. The number of hydrogen-bond donors (Lipinski definition) is 6. The zero-order chi connectivity index (χ0) is 47.4. The quantitative estimate of drug-likeness (QED) is 0.0196. The number of ether oxygens (including phenoxy) is 3. The van der Waals surface area contributed by atoms with Crippen LogP contribution in [0.2, 0.25) is 0 Å². The van der Waals surface area contributed by atoms with Gasteiger partial charge in [0.25, 0.3) is 0 Å². The molecule has 0 aromatic carbocycles. The third-order valence-electron chi connectivity index (χ3n) is 12.5. The van der Waals surface area contributed by atoms with Crippen LogP contribution in [0.3, 0.4) is 0 Å². The standard InChI is InChI=1S/C54H99NO10/c1-3-5-7-9-11-13-15-20-24-28-32-36-40-47(57)46(45-64-54-53(62)52(61)51(60)48(44-56)65-54)55-49(58)41-37-33-29-25-21-18-17-19-23-27-31-35-39-43-63-50(59)42-38-34-30-26-22-16-14-12-10-8-6-4-2/h18,21,29,33,36,40,46-48,51-54,56-57,60-62H,3-17,19-20,22-28,30-32,34-35,37-39,41-45H2,1-2H3,(H,55,58)/b21-18-,33-29-,40-36+. The van der Waals surface area contributed by atoms with Crippen LogP contribution in [0, 0.1) is 0 Å². The van der Waals surface area contributed by atoms with Gasteiger partial charge in [-0.05, 0) is 51.4 Å². The van der Waals surface area contributed by atoms with Crippen molar-refractivity contribution in [3.05, 3.63) is 36.5 Å². The first-order valence-corrected chi connectivity index (χ1v) is 26.8. The molecule has 1 rings (SSSR count). The second-order valence-corrected chi connectivity index (χ2v) is 18.6. The number of aliphatic hydroxyl groups excluding tert-OH is 5. The molecule has 0 radical (unpaired) electrons. The Labute approximate surface area is 396 Å². The van der Waals surface area contributed by atoms with Gasteiger partial charge in [0.2, 0.25) is 5.91 Å². The molecule has 11 nitrogen and oxygen atoms in total. The average Bonchev–Trinajstić information content (AvgIpc) is 3.30. The molecule has 0 aromatic rings. The lowest BCUT2D eigenvalue weighted by molar-refractivity contribution is -0.302. The third kappa shape index (κ3) is 34.8. The molecule has 1 fully saturated rings. The smallest absolute Gasteiger partial charge is 0.305 e. The Kier molecular flexibility index (Phi) is 41.6. The number of allylic oxidation sites excluding steroid dienone is 5. The van der Waals surface area contributed by atoms with Crippen LogP contribution >= 0.6 is 0 Å². The van der Waals surface area contributed by atoms with E-state index < -0.39 is 49.5 Å². The fourth-order valence-electron chi connectivity index (χ4n) is 8.19. The number of rotatable bonds is 45. The molecule has 6 N–H and O–H groups in total. The van der Waals surface area contributed by atoms with E-state index in [0.717, 1.165) is 70.6 Å². The third-order valence-corrected chi connectivity index (χ3v) is 12.5. The molecule has 0 bridgehead atoms. The SMILES string of the molecule is CCCCCCCCCCCC/C=C/C(O)C(COC1OC(CO)C(O)C(O)C1O)NC(=O)CC/C=C\C/C=C\CCCCCCCCOC(=O)CCCCCCCCCCCCCC. The molecule has 1 aliphatic heterocycles. The van der Waals surface area contributed by atoms with Crippen LogP contribution in [0.5, 0.6) is 0 Å². The fraction of sp³-hybridized carbons (Fsp3) is 0.852. The molecule has 11 heteroatoms. The maximum Gasteiger partial charge on any atom is 0.305 e. The molecule has 0 saturated carbocycles. The van der Waals surface area contributed by atoms with Crippen molar-refractivity contribution in [1.82, 2.24) is 5.32 Å². The first-order chi connectivity index (χ1) is 31.7. The number of aliphatic hydroxyl groups is 5. The Balaban J connectivity index is 2.23. The average molecular weight is 922 g/mol. The van der Waals surface area contributed by atoms with Crippen molar-refractivity contribution in [3.8, 4) is 0 Å². The summed E-state index contributed by atoms with van der Waals surface area (Å²) >= 11 is 0. The summed E-state index contributed by atoms with van der Waals surface area (Å²) in [4.78, 5) is 25.0. The van der Waals surface area contributed by atoms with E-state index in [-0.39, 0.29) is 24.9 Å². The van der Waals surface area contributed by atoms with Gasteiger partial charge in [0.15, 0.2) is 6.29 Å². The van der Waals surface area contributed by atoms with E-state index in [2.05, 4.69) is 31.3 Å². The van der Waals surface area contributed by atoms with Gasteiger partial charge < -0.3 is 45.1 Å². The van der Waals surface area contributed by atoms with Crippen LogP contribution in [0.25, 0.3) is 0 Å². The molecule has 1 amide bonds. The van der Waals surface area contributed by atoms with Crippen molar-refractivity contribution in [3.63, 3.8) is 0 Å². The van der Waals surface area contributed by atoms with Gasteiger partial charge in [0.05, 0.1) is 32.0 Å². The van der Waals surface area contributed by atoms with Gasteiger partial charge in [-0.2, -0.15) is 0 Å². The highest BCUT2D eigenvalue weighted by molar-refractivity contribution is 5.76. The minimum absolute atomic E-state index is 0.0391. The summed E-state index contributed by atoms with van der Waals surface area (Å²) in [5, 5.41) is 54.2. The van der Waals surface area contributed by atoms with Gasteiger partial charge in [-0.1, -0.05) is 204 Å². The zero-order valence-corrected chi connectivity index (χ0v) is 41.4. The number of nitrogens with one attached hydrogen (secondary N) is 1. The largest absolute Gasteiger partial charge is 0.466 e. The molecular formula is C54H99NO10. The predicted molar refractivity (Wildman–Crippen MR) is 264 cm³/mol. The van der Waals surface area contributed by atoms with Crippen LogP contribution in [0.4, 0.5) is 0 Å². The summed E-state index contributed by atoms with van der Waals surface area (Å²) in [6.45, 7) is 4.23. The van der Waals surface area contributed by atoms with Gasteiger partial charge in [-0.3, -0.25) is 9.59 Å². The highest BCUT2D eigenvalue weighted by atomic mass is 16.7. The molecule has 7 unspecified atom stereocenters.